The molecule has 9 heteroatoms. The molecule has 0 radical (unpaired) electrons. The number of rotatable bonds is 10. The number of para-hydroxylation sites is 1. The van der Waals surface area contributed by atoms with Gasteiger partial charge in [0.1, 0.15) is 18.0 Å². The average molecular weight is 536 g/mol. The predicted octanol–water partition coefficient (Wildman–Crippen LogP) is 4.82. The lowest BCUT2D eigenvalue weighted by Gasteiger charge is -2.27. The summed E-state index contributed by atoms with van der Waals surface area (Å²) in [5.74, 6) is 0.655. The van der Waals surface area contributed by atoms with Gasteiger partial charge in [0.15, 0.2) is 0 Å². The summed E-state index contributed by atoms with van der Waals surface area (Å²) in [7, 11) is 4.75. The van der Waals surface area contributed by atoms with Gasteiger partial charge in [-0.2, -0.15) is 5.10 Å². The molecule has 0 fully saturated rings. The van der Waals surface area contributed by atoms with Crippen LogP contribution in [-0.2, 0) is 9.53 Å². The van der Waals surface area contributed by atoms with Gasteiger partial charge in [-0.3, -0.25) is 9.59 Å². The zero-order valence-electron chi connectivity index (χ0n) is 21.6. The molecule has 8 nitrogen and oxygen atoms in total. The van der Waals surface area contributed by atoms with Crippen LogP contribution in [0, 0.1) is 0 Å². The van der Waals surface area contributed by atoms with Gasteiger partial charge in [-0.15, -0.1) is 0 Å². The van der Waals surface area contributed by atoms with E-state index in [0.717, 1.165) is 16.8 Å². The Morgan fingerprint density at radius 3 is 2.50 bits per heavy atom. The van der Waals surface area contributed by atoms with Crippen LogP contribution in [0.4, 0.5) is 0 Å². The summed E-state index contributed by atoms with van der Waals surface area (Å²) in [6, 6.07) is 21.5. The second-order valence-electron chi connectivity index (χ2n) is 8.68. The van der Waals surface area contributed by atoms with Gasteiger partial charge in [0.25, 0.3) is 11.8 Å². The third kappa shape index (κ3) is 5.98. The highest BCUT2D eigenvalue weighted by Gasteiger charge is 2.36. The topological polar surface area (TPSA) is 80.7 Å². The number of halogens is 1. The lowest BCUT2D eigenvalue weighted by molar-refractivity contribution is -0.133. The summed E-state index contributed by atoms with van der Waals surface area (Å²) in [6.07, 6.45) is 0.468. The lowest BCUT2D eigenvalue weighted by atomic mass is 9.97. The largest absolute Gasteiger partial charge is 0.497 e. The molecule has 0 aliphatic carbocycles. The fraction of sp³-hybridized carbons (Fsp3) is 0.276. The van der Waals surface area contributed by atoms with E-state index in [0.29, 0.717) is 28.5 Å². The molecule has 198 valence electrons. The number of nitrogens with zero attached hydrogens (tertiary/aromatic N) is 3. The van der Waals surface area contributed by atoms with Gasteiger partial charge in [0.05, 0.1) is 43.2 Å². The molecule has 3 aromatic carbocycles. The quantitative estimate of drug-likeness (QED) is 0.372. The van der Waals surface area contributed by atoms with Crippen molar-refractivity contribution >= 4 is 29.1 Å². The number of ether oxygens (including phenoxy) is 3. The van der Waals surface area contributed by atoms with Crippen LogP contribution in [0.15, 0.2) is 77.9 Å². The minimum absolute atomic E-state index is 0.200. The zero-order chi connectivity index (χ0) is 27.1. The Hall–Kier alpha value is -3.88. The summed E-state index contributed by atoms with van der Waals surface area (Å²) in [5.41, 5.74) is 2.73. The van der Waals surface area contributed by atoms with Crippen LogP contribution in [0.5, 0.6) is 11.5 Å². The number of benzene rings is 3. The molecule has 3 aromatic rings. The first-order chi connectivity index (χ1) is 18.5. The van der Waals surface area contributed by atoms with Crippen molar-refractivity contribution in [1.29, 1.82) is 0 Å². The maximum absolute atomic E-state index is 13.8. The van der Waals surface area contributed by atoms with Crippen LogP contribution in [0.25, 0.3) is 0 Å². The number of amides is 2. The van der Waals surface area contributed by atoms with E-state index in [1.54, 1.807) is 45.6 Å². The van der Waals surface area contributed by atoms with Crippen molar-refractivity contribution in [2.45, 2.75) is 12.5 Å². The highest BCUT2D eigenvalue weighted by molar-refractivity contribution is 6.33. The summed E-state index contributed by atoms with van der Waals surface area (Å²) in [5, 5.41) is 6.51. The minimum atomic E-state index is -0.417. The molecule has 0 saturated carbocycles. The van der Waals surface area contributed by atoms with Gasteiger partial charge in [-0.05, 0) is 30.3 Å². The van der Waals surface area contributed by atoms with E-state index in [1.807, 2.05) is 48.5 Å². The Morgan fingerprint density at radius 2 is 1.76 bits per heavy atom. The number of carbonyl (C=O) groups excluding carboxylic acids is 2. The molecule has 0 aromatic heterocycles. The molecule has 38 heavy (non-hydrogen) atoms. The zero-order valence-corrected chi connectivity index (χ0v) is 22.4. The molecular weight excluding hydrogens is 506 g/mol. The van der Waals surface area contributed by atoms with Crippen molar-refractivity contribution in [3.8, 4) is 11.5 Å². The maximum Gasteiger partial charge on any atom is 0.262 e. The van der Waals surface area contributed by atoms with E-state index in [4.69, 9.17) is 30.9 Å². The lowest BCUT2D eigenvalue weighted by Crippen LogP contribution is -2.42. The molecule has 0 saturated heterocycles. The molecule has 2 amide bonds. The number of hydrogen-bond acceptors (Lipinski definition) is 6. The van der Waals surface area contributed by atoms with E-state index < -0.39 is 6.04 Å². The molecule has 4 rings (SSSR count). The fourth-order valence-corrected chi connectivity index (χ4v) is 4.61. The molecule has 1 heterocycles. The Balaban J connectivity index is 1.68. The van der Waals surface area contributed by atoms with Crippen LogP contribution in [0.3, 0.4) is 0 Å². The number of methoxy groups -OCH3 is 3. The average Bonchev–Trinajstić information content (AvgIpc) is 3.40. The maximum atomic E-state index is 13.8. The van der Waals surface area contributed by atoms with Crippen LogP contribution in [0.2, 0.25) is 5.02 Å². The Morgan fingerprint density at radius 1 is 1.00 bits per heavy atom. The minimum Gasteiger partial charge on any atom is -0.497 e. The van der Waals surface area contributed by atoms with Gasteiger partial charge in [0.2, 0.25) is 0 Å². The van der Waals surface area contributed by atoms with Crippen molar-refractivity contribution < 1.29 is 23.8 Å². The van der Waals surface area contributed by atoms with Crippen molar-refractivity contribution in [3.63, 3.8) is 0 Å². The molecule has 0 bridgehead atoms. The Bertz CT molecular complexity index is 1330. The van der Waals surface area contributed by atoms with Gasteiger partial charge in [-0.1, -0.05) is 54.1 Å². The molecule has 1 aliphatic heterocycles. The van der Waals surface area contributed by atoms with Crippen LogP contribution < -0.4 is 9.47 Å². The number of hydrogen-bond donors (Lipinski definition) is 0. The van der Waals surface area contributed by atoms with Crippen molar-refractivity contribution in [2.75, 3.05) is 41.0 Å². The molecule has 1 aliphatic rings. The van der Waals surface area contributed by atoms with Crippen LogP contribution in [0.1, 0.15) is 33.9 Å². The SMILES string of the molecule is COCCN(CC(=O)N1N=C(c2cccc(OC)c2)C[C@@H]1c1ccccc1OC)C(=O)c1ccccc1Cl. The normalized spacial score (nSPS) is 14.7. The second kappa shape index (κ2) is 12.6. The van der Waals surface area contributed by atoms with Gasteiger partial charge < -0.3 is 19.1 Å². The summed E-state index contributed by atoms with van der Waals surface area (Å²) in [6.45, 7) is 0.275. The molecule has 0 spiro atoms. The van der Waals surface area contributed by atoms with Crippen LogP contribution in [-0.4, -0.2) is 68.5 Å². The number of hydrazone groups is 1. The third-order valence-electron chi connectivity index (χ3n) is 6.35. The smallest absolute Gasteiger partial charge is 0.262 e. The van der Waals surface area contributed by atoms with Gasteiger partial charge in [0, 0.05) is 31.2 Å². The Labute approximate surface area is 227 Å². The molecule has 0 unspecified atom stereocenters. The van der Waals surface area contributed by atoms with E-state index in [1.165, 1.54) is 9.91 Å². The highest BCUT2D eigenvalue weighted by Crippen LogP contribution is 2.38. The van der Waals surface area contributed by atoms with E-state index >= 15 is 0 Å². The number of carbonyl (C=O) groups is 2. The first-order valence-electron chi connectivity index (χ1n) is 12.2. The summed E-state index contributed by atoms with van der Waals surface area (Å²) in [4.78, 5) is 28.6. The molecule has 0 N–H and O–H groups in total. The summed E-state index contributed by atoms with van der Waals surface area (Å²) >= 11 is 6.29. The summed E-state index contributed by atoms with van der Waals surface area (Å²) < 4.78 is 16.2. The van der Waals surface area contributed by atoms with Crippen molar-refractivity contribution in [2.24, 2.45) is 5.10 Å². The van der Waals surface area contributed by atoms with E-state index in [2.05, 4.69) is 0 Å². The Kier molecular flexibility index (Phi) is 8.99. The van der Waals surface area contributed by atoms with Gasteiger partial charge in [-0.25, -0.2) is 5.01 Å². The van der Waals surface area contributed by atoms with Crippen LogP contribution >= 0.6 is 11.6 Å². The fourth-order valence-electron chi connectivity index (χ4n) is 4.40. The molecular formula is C29H30ClN3O5. The molecule has 1 atom stereocenters. The van der Waals surface area contributed by atoms with Gasteiger partial charge >= 0.3 is 0 Å². The highest BCUT2D eigenvalue weighted by atomic mass is 35.5. The predicted molar refractivity (Wildman–Crippen MR) is 146 cm³/mol. The van der Waals surface area contributed by atoms with E-state index in [-0.39, 0.29) is 31.5 Å². The first kappa shape index (κ1) is 27.2. The van der Waals surface area contributed by atoms with E-state index in [9.17, 15) is 9.59 Å². The van der Waals surface area contributed by atoms with Crippen molar-refractivity contribution in [3.05, 3.63) is 94.5 Å². The van der Waals surface area contributed by atoms with Crippen molar-refractivity contribution in [1.82, 2.24) is 9.91 Å². The third-order valence-corrected chi connectivity index (χ3v) is 6.68. The second-order valence-corrected chi connectivity index (χ2v) is 9.09. The first-order valence-corrected chi connectivity index (χ1v) is 12.5. The monoisotopic (exact) mass is 535 g/mol. The standard InChI is InChI=1S/C29H30ClN3O5/c1-36-16-15-32(29(35)22-11-4-6-13-24(22)30)19-28(34)33-26(23-12-5-7-14-27(23)38-3)18-25(31-33)20-9-8-10-21(17-20)37-2/h4-14,17,26H,15-16,18-19H2,1-3H3/t26-/m1/s1.